The number of ether oxygens (including phenoxy) is 1. The van der Waals surface area contributed by atoms with E-state index >= 15 is 0 Å². The molecule has 6 heteroatoms. The Morgan fingerprint density at radius 1 is 0.939 bits per heavy atom. The van der Waals surface area contributed by atoms with Crippen LogP contribution in [0.15, 0.2) is 72.3 Å². The Balaban J connectivity index is 1.71. The number of carbonyl (C=O) groups excluding carboxylic acids is 2. The van der Waals surface area contributed by atoms with Crippen LogP contribution in [0.4, 0.5) is 11.4 Å². The molecule has 33 heavy (non-hydrogen) atoms. The predicted molar refractivity (Wildman–Crippen MR) is 130 cm³/mol. The third kappa shape index (κ3) is 6.31. The second kappa shape index (κ2) is 10.8. The summed E-state index contributed by atoms with van der Waals surface area (Å²) >= 11 is 0. The first-order valence-electron chi connectivity index (χ1n) is 10.4. The summed E-state index contributed by atoms with van der Waals surface area (Å²) in [6.45, 7) is 5.62. The molecule has 3 rings (SSSR count). The molecule has 0 fully saturated rings. The van der Waals surface area contributed by atoms with Crippen molar-refractivity contribution in [2.24, 2.45) is 0 Å². The molecule has 6 nitrogen and oxygen atoms in total. The van der Waals surface area contributed by atoms with Gasteiger partial charge in [-0.25, -0.2) is 0 Å². The van der Waals surface area contributed by atoms with Gasteiger partial charge in [0, 0.05) is 16.9 Å². The topological polar surface area (TPSA) is 91.2 Å². The van der Waals surface area contributed by atoms with Gasteiger partial charge in [-0.2, -0.15) is 5.26 Å². The average molecular weight is 440 g/mol. The molecule has 3 aromatic rings. The highest BCUT2D eigenvalue weighted by atomic mass is 16.5. The highest BCUT2D eigenvalue weighted by Crippen LogP contribution is 2.23. The Morgan fingerprint density at radius 2 is 1.67 bits per heavy atom. The molecule has 0 aliphatic carbocycles. The highest BCUT2D eigenvalue weighted by molar-refractivity contribution is 6.10. The number of nitrogens with one attached hydrogen (secondary N) is 2. The molecule has 0 bridgehead atoms. The van der Waals surface area contributed by atoms with E-state index in [9.17, 15) is 14.9 Å². The quantitative estimate of drug-likeness (QED) is 0.392. The third-order valence-corrected chi connectivity index (χ3v) is 5.13. The van der Waals surface area contributed by atoms with E-state index in [1.54, 1.807) is 30.3 Å². The monoisotopic (exact) mass is 439 g/mol. The van der Waals surface area contributed by atoms with Crippen LogP contribution in [0.25, 0.3) is 6.08 Å². The minimum Gasteiger partial charge on any atom is -0.483 e. The Hall–Kier alpha value is -4.37. The second-order valence-corrected chi connectivity index (χ2v) is 7.61. The van der Waals surface area contributed by atoms with E-state index in [0.29, 0.717) is 22.7 Å². The fourth-order valence-corrected chi connectivity index (χ4v) is 3.09. The zero-order valence-corrected chi connectivity index (χ0v) is 18.8. The summed E-state index contributed by atoms with van der Waals surface area (Å²) in [5.41, 5.74) is 4.85. The number of nitriles is 1. The van der Waals surface area contributed by atoms with Crippen LogP contribution >= 0.6 is 0 Å². The molecule has 0 aliphatic rings. The number of hydrogen-bond donors (Lipinski definition) is 2. The van der Waals surface area contributed by atoms with Crippen molar-refractivity contribution in [3.63, 3.8) is 0 Å². The van der Waals surface area contributed by atoms with Crippen LogP contribution in [0.2, 0.25) is 0 Å². The molecule has 0 saturated carbocycles. The molecule has 2 amide bonds. The van der Waals surface area contributed by atoms with Crippen LogP contribution in [-0.4, -0.2) is 18.4 Å². The number of amides is 2. The lowest BCUT2D eigenvalue weighted by molar-refractivity contribution is -0.118. The molecule has 166 valence electrons. The molecule has 2 N–H and O–H groups in total. The van der Waals surface area contributed by atoms with E-state index in [1.807, 2.05) is 63.2 Å². The lowest BCUT2D eigenvalue weighted by atomic mass is 10.1. The molecule has 3 aromatic carbocycles. The van der Waals surface area contributed by atoms with E-state index in [0.717, 1.165) is 16.7 Å². The number of carbonyl (C=O) groups is 2. The van der Waals surface area contributed by atoms with Crippen molar-refractivity contribution in [3.8, 4) is 11.8 Å². The number of hydrogen-bond acceptors (Lipinski definition) is 4. The van der Waals surface area contributed by atoms with E-state index in [1.165, 1.54) is 6.08 Å². The Kier molecular flexibility index (Phi) is 7.61. The maximum atomic E-state index is 12.7. The molecular weight excluding hydrogens is 414 g/mol. The third-order valence-electron chi connectivity index (χ3n) is 5.13. The molecule has 0 aliphatic heterocycles. The van der Waals surface area contributed by atoms with Crippen molar-refractivity contribution in [2.75, 3.05) is 17.2 Å². The summed E-state index contributed by atoms with van der Waals surface area (Å²) in [5.74, 6) is -0.437. The molecular formula is C27H25N3O3. The average Bonchev–Trinajstić information content (AvgIpc) is 2.81. The summed E-state index contributed by atoms with van der Waals surface area (Å²) in [6.07, 6.45) is 1.45. The van der Waals surface area contributed by atoms with Gasteiger partial charge < -0.3 is 15.4 Å². The van der Waals surface area contributed by atoms with Gasteiger partial charge in [-0.1, -0.05) is 48.0 Å². The minimum atomic E-state index is -0.516. The second-order valence-electron chi connectivity index (χ2n) is 7.61. The Bertz CT molecular complexity index is 1240. The van der Waals surface area contributed by atoms with Crippen LogP contribution < -0.4 is 15.4 Å². The molecule has 0 aromatic heterocycles. The zero-order chi connectivity index (χ0) is 23.8. The highest BCUT2D eigenvalue weighted by Gasteiger charge is 2.13. The van der Waals surface area contributed by atoms with Gasteiger partial charge >= 0.3 is 0 Å². The minimum absolute atomic E-state index is 0.0731. The van der Waals surface area contributed by atoms with Crippen molar-refractivity contribution >= 4 is 29.3 Å². The van der Waals surface area contributed by atoms with E-state index in [-0.39, 0.29) is 18.1 Å². The number of nitrogens with zero attached hydrogens (tertiary/aromatic N) is 1. The molecule has 0 heterocycles. The molecule has 0 spiro atoms. The summed E-state index contributed by atoms with van der Waals surface area (Å²) in [6, 6.07) is 21.9. The summed E-state index contributed by atoms with van der Waals surface area (Å²) < 4.78 is 5.68. The molecule has 0 radical (unpaired) electrons. The maximum absolute atomic E-state index is 12.7. The summed E-state index contributed by atoms with van der Waals surface area (Å²) in [7, 11) is 0. The molecule has 0 unspecified atom stereocenters. The van der Waals surface area contributed by atoms with Crippen LogP contribution in [0.5, 0.6) is 5.75 Å². The van der Waals surface area contributed by atoms with E-state index < -0.39 is 5.91 Å². The van der Waals surface area contributed by atoms with Gasteiger partial charge in [0.25, 0.3) is 11.8 Å². The number of rotatable bonds is 7. The Morgan fingerprint density at radius 3 is 2.39 bits per heavy atom. The number of aryl methyl sites for hydroxylation is 2. The van der Waals surface area contributed by atoms with Crippen LogP contribution in [0.3, 0.4) is 0 Å². The standard InChI is InChI=1S/C27H25N3O3/c1-18-11-13-23(14-12-18)29-26(31)17-33-25-10-5-4-8-21(25)15-22(16-28)27(32)30-24-9-6-7-19(2)20(24)3/h4-15H,17H2,1-3H3,(H,29,31)(H,30,32)/b22-15+. The molecule has 0 saturated heterocycles. The lowest BCUT2D eigenvalue weighted by Crippen LogP contribution is -2.20. The van der Waals surface area contributed by atoms with Gasteiger partial charge in [0.2, 0.25) is 0 Å². The van der Waals surface area contributed by atoms with Crippen molar-refractivity contribution in [1.29, 1.82) is 5.26 Å². The van der Waals surface area contributed by atoms with Crippen LogP contribution in [0, 0.1) is 32.1 Å². The van der Waals surface area contributed by atoms with Crippen molar-refractivity contribution in [3.05, 3.63) is 94.6 Å². The normalized spacial score (nSPS) is 10.8. The number of para-hydroxylation sites is 1. The first-order chi connectivity index (χ1) is 15.9. The summed E-state index contributed by atoms with van der Waals surface area (Å²) in [5, 5.41) is 15.1. The van der Waals surface area contributed by atoms with Crippen molar-refractivity contribution < 1.29 is 14.3 Å². The van der Waals surface area contributed by atoms with Crippen LogP contribution in [0.1, 0.15) is 22.3 Å². The molecule has 0 atom stereocenters. The first-order valence-corrected chi connectivity index (χ1v) is 10.4. The van der Waals surface area contributed by atoms with Gasteiger partial charge in [0.05, 0.1) is 0 Å². The fraction of sp³-hybridized carbons (Fsp3) is 0.148. The van der Waals surface area contributed by atoms with E-state index in [2.05, 4.69) is 10.6 Å². The summed E-state index contributed by atoms with van der Waals surface area (Å²) in [4.78, 5) is 25.0. The van der Waals surface area contributed by atoms with Crippen LogP contribution in [-0.2, 0) is 9.59 Å². The zero-order valence-electron chi connectivity index (χ0n) is 18.8. The number of benzene rings is 3. The first kappa shape index (κ1) is 23.3. The largest absolute Gasteiger partial charge is 0.483 e. The van der Waals surface area contributed by atoms with Crippen molar-refractivity contribution in [1.82, 2.24) is 0 Å². The van der Waals surface area contributed by atoms with Gasteiger partial charge in [-0.15, -0.1) is 0 Å². The Labute approximate surface area is 193 Å². The van der Waals surface area contributed by atoms with Gasteiger partial charge in [0.1, 0.15) is 17.4 Å². The predicted octanol–water partition coefficient (Wildman–Crippen LogP) is 5.18. The fourth-order valence-electron chi connectivity index (χ4n) is 3.09. The number of anilines is 2. The maximum Gasteiger partial charge on any atom is 0.266 e. The van der Waals surface area contributed by atoms with Crippen molar-refractivity contribution in [2.45, 2.75) is 20.8 Å². The lowest BCUT2D eigenvalue weighted by Gasteiger charge is -2.11. The van der Waals surface area contributed by atoms with Gasteiger partial charge in [-0.3, -0.25) is 9.59 Å². The smallest absolute Gasteiger partial charge is 0.266 e. The van der Waals surface area contributed by atoms with Gasteiger partial charge in [-0.05, 0) is 62.2 Å². The SMILES string of the molecule is Cc1ccc(NC(=O)COc2ccccc2/C=C(\C#N)C(=O)Nc2cccc(C)c2C)cc1. The van der Waals surface area contributed by atoms with Gasteiger partial charge in [0.15, 0.2) is 6.61 Å². The van der Waals surface area contributed by atoms with E-state index in [4.69, 9.17) is 4.74 Å².